The number of anilines is 1. The number of hydrogen-bond donors (Lipinski definition) is 2. The molecule has 1 aliphatic heterocycles. The fourth-order valence-electron chi connectivity index (χ4n) is 2.79. The summed E-state index contributed by atoms with van der Waals surface area (Å²) in [5.41, 5.74) is 3.24. The maximum atomic E-state index is 5.66. The van der Waals surface area contributed by atoms with Gasteiger partial charge in [0.15, 0.2) is 21.8 Å². The van der Waals surface area contributed by atoms with E-state index < -0.39 is 0 Å². The van der Waals surface area contributed by atoms with Crippen LogP contribution in [0.5, 0.6) is 11.5 Å². The Balaban J connectivity index is 1.49. The van der Waals surface area contributed by atoms with E-state index in [1.54, 1.807) is 0 Å². The summed E-state index contributed by atoms with van der Waals surface area (Å²) in [4.78, 5) is 8.84. The van der Waals surface area contributed by atoms with Gasteiger partial charge in [-0.1, -0.05) is 30.3 Å². The lowest BCUT2D eigenvalue weighted by Gasteiger charge is -2.17. The van der Waals surface area contributed by atoms with Crippen LogP contribution in [0.25, 0.3) is 0 Å². The Hall–Kier alpha value is -2.93. The smallest absolute Gasteiger partial charge is 0.197 e. The molecule has 0 fully saturated rings. The molecule has 0 radical (unpaired) electrons. The monoisotopic (exact) mass is 424 g/mol. The Bertz CT molecular complexity index is 926. The minimum Gasteiger partial charge on any atom is -0.490 e. The van der Waals surface area contributed by atoms with Crippen LogP contribution >= 0.6 is 11.8 Å². The number of aliphatic imine (C=N–C) groups is 2. The number of nitrogens with zero attached hydrogens (tertiary/aromatic N) is 2. The lowest BCUT2D eigenvalue weighted by Crippen LogP contribution is -2.19. The van der Waals surface area contributed by atoms with Crippen LogP contribution in [0, 0.1) is 0 Å². The predicted molar refractivity (Wildman–Crippen MR) is 127 cm³/mol. The molecule has 158 valence electrons. The highest BCUT2D eigenvalue weighted by Gasteiger charge is 2.18. The van der Waals surface area contributed by atoms with E-state index in [2.05, 4.69) is 44.9 Å². The molecular weight excluding hydrogens is 396 g/mol. The molecular formula is C23H28N4O2S. The van der Waals surface area contributed by atoms with Gasteiger partial charge in [0.1, 0.15) is 0 Å². The highest BCUT2D eigenvalue weighted by atomic mass is 32.2. The highest BCUT2D eigenvalue weighted by molar-refractivity contribution is 8.29. The fourth-order valence-corrected chi connectivity index (χ4v) is 3.37. The van der Waals surface area contributed by atoms with Crippen molar-refractivity contribution in [2.75, 3.05) is 25.1 Å². The molecule has 1 aliphatic rings. The molecule has 0 aliphatic carbocycles. The second-order valence-electron chi connectivity index (χ2n) is 6.56. The topological polar surface area (TPSA) is 67.2 Å². The van der Waals surface area contributed by atoms with Crippen LogP contribution in [-0.4, -0.2) is 30.1 Å². The third-order valence-corrected chi connectivity index (χ3v) is 4.97. The Morgan fingerprint density at radius 1 is 1.07 bits per heavy atom. The lowest BCUT2D eigenvalue weighted by molar-refractivity contribution is 0.288. The molecule has 0 aromatic heterocycles. The van der Waals surface area contributed by atoms with Crippen LogP contribution in [0.15, 0.2) is 70.4 Å². The number of benzene rings is 2. The van der Waals surface area contributed by atoms with Crippen molar-refractivity contribution < 1.29 is 9.47 Å². The van der Waals surface area contributed by atoms with Crippen molar-refractivity contribution in [1.82, 2.24) is 5.32 Å². The van der Waals surface area contributed by atoms with Gasteiger partial charge >= 0.3 is 0 Å². The first-order valence-electron chi connectivity index (χ1n) is 10.1. The lowest BCUT2D eigenvalue weighted by atomic mass is 10.1. The largest absolute Gasteiger partial charge is 0.490 e. The molecule has 0 unspecified atom stereocenters. The fraction of sp³-hybridized carbons (Fsp3) is 0.304. The Labute approximate surface area is 182 Å². The van der Waals surface area contributed by atoms with Gasteiger partial charge < -0.3 is 20.1 Å². The Morgan fingerprint density at radius 3 is 2.53 bits per heavy atom. The van der Waals surface area contributed by atoms with Gasteiger partial charge in [0, 0.05) is 30.2 Å². The molecule has 0 amide bonds. The Morgan fingerprint density at radius 2 is 1.80 bits per heavy atom. The summed E-state index contributed by atoms with van der Waals surface area (Å²) < 4.78 is 11.3. The van der Waals surface area contributed by atoms with E-state index in [4.69, 9.17) is 9.47 Å². The quantitative estimate of drug-likeness (QED) is 0.559. The standard InChI is InChI=1S/C23H28N4O2S/c1-4-28-20-12-11-19(15-21(20)29-5-2)26-23-27-22(30-23)25-16-17(3)24-14-13-18-9-7-6-8-10-18/h6-12,15-16,24H,4-5,13-14H2,1-3H3,(H,25,26,27). The molecule has 3 rings (SSSR count). The minimum absolute atomic E-state index is 0.584. The van der Waals surface area contributed by atoms with Crippen LogP contribution in [-0.2, 0) is 6.42 Å². The van der Waals surface area contributed by atoms with Crippen molar-refractivity contribution in [1.29, 1.82) is 0 Å². The van der Waals surface area contributed by atoms with E-state index in [-0.39, 0.29) is 0 Å². The Kier molecular flexibility index (Phi) is 8.20. The summed E-state index contributed by atoms with van der Waals surface area (Å²) in [5.74, 6) is 1.47. The minimum atomic E-state index is 0.584. The van der Waals surface area contributed by atoms with E-state index in [0.29, 0.717) is 13.2 Å². The first kappa shape index (κ1) is 21.8. The van der Waals surface area contributed by atoms with Crippen LogP contribution in [0.4, 0.5) is 5.69 Å². The molecule has 30 heavy (non-hydrogen) atoms. The van der Waals surface area contributed by atoms with Gasteiger partial charge in [-0.2, -0.15) is 4.99 Å². The van der Waals surface area contributed by atoms with Crippen LogP contribution in [0.3, 0.4) is 0 Å². The van der Waals surface area contributed by atoms with Gasteiger partial charge in [0.2, 0.25) is 0 Å². The number of thioether (sulfide) groups is 1. The van der Waals surface area contributed by atoms with Gasteiger partial charge in [-0.05, 0) is 56.7 Å². The van der Waals surface area contributed by atoms with Crippen molar-refractivity contribution in [2.45, 2.75) is 27.2 Å². The van der Waals surface area contributed by atoms with Gasteiger partial charge in [-0.3, -0.25) is 0 Å². The van der Waals surface area contributed by atoms with Crippen LogP contribution < -0.4 is 20.1 Å². The number of allylic oxidation sites excluding steroid dienone is 1. The number of amidine groups is 2. The maximum Gasteiger partial charge on any atom is 0.197 e. The molecule has 2 aromatic carbocycles. The molecule has 0 saturated carbocycles. The third-order valence-electron chi connectivity index (χ3n) is 4.21. The van der Waals surface area contributed by atoms with Crippen molar-refractivity contribution in [3.63, 3.8) is 0 Å². The average Bonchev–Trinajstić information content (AvgIpc) is 2.72. The zero-order valence-electron chi connectivity index (χ0n) is 17.6. The van der Waals surface area contributed by atoms with Crippen molar-refractivity contribution >= 4 is 27.8 Å². The number of ether oxygens (including phenoxy) is 2. The SMILES string of the molecule is CCOc1ccc(NC2=NC(=NC=C(C)NCCc3ccccc3)S2)cc1OCC. The molecule has 0 atom stereocenters. The number of hydrogen-bond acceptors (Lipinski definition) is 6. The van der Waals surface area contributed by atoms with Gasteiger partial charge in [-0.15, -0.1) is 0 Å². The first-order valence-corrected chi connectivity index (χ1v) is 10.9. The summed E-state index contributed by atoms with van der Waals surface area (Å²) in [7, 11) is 0. The average molecular weight is 425 g/mol. The first-order chi connectivity index (χ1) is 14.7. The van der Waals surface area contributed by atoms with Gasteiger partial charge in [-0.25, -0.2) is 4.99 Å². The van der Waals surface area contributed by atoms with Crippen molar-refractivity contribution in [2.24, 2.45) is 9.98 Å². The zero-order chi connectivity index (χ0) is 21.2. The second kappa shape index (κ2) is 11.3. The van der Waals surface area contributed by atoms with E-state index in [9.17, 15) is 0 Å². The summed E-state index contributed by atoms with van der Waals surface area (Å²) in [5, 5.41) is 8.19. The molecule has 6 nitrogen and oxygen atoms in total. The summed E-state index contributed by atoms with van der Waals surface area (Å²) in [6.45, 7) is 7.98. The molecule has 2 N–H and O–H groups in total. The maximum absolute atomic E-state index is 5.66. The van der Waals surface area contributed by atoms with Gasteiger partial charge in [0.05, 0.1) is 13.2 Å². The van der Waals surface area contributed by atoms with E-state index >= 15 is 0 Å². The number of rotatable bonds is 10. The van der Waals surface area contributed by atoms with Crippen LogP contribution in [0.2, 0.25) is 0 Å². The van der Waals surface area contributed by atoms with Crippen molar-refractivity contribution in [3.05, 3.63) is 66.0 Å². The summed E-state index contributed by atoms with van der Waals surface area (Å²) in [6.07, 6.45) is 2.80. The van der Waals surface area contributed by atoms with Crippen molar-refractivity contribution in [3.8, 4) is 11.5 Å². The highest BCUT2D eigenvalue weighted by Crippen LogP contribution is 2.32. The summed E-state index contributed by atoms with van der Waals surface area (Å²) in [6, 6.07) is 16.2. The summed E-state index contributed by atoms with van der Waals surface area (Å²) >= 11 is 1.51. The van der Waals surface area contributed by atoms with E-state index in [0.717, 1.165) is 46.2 Å². The third kappa shape index (κ3) is 6.56. The molecule has 7 heteroatoms. The second-order valence-corrected chi connectivity index (χ2v) is 7.51. The van der Waals surface area contributed by atoms with Crippen LogP contribution in [0.1, 0.15) is 26.3 Å². The van der Waals surface area contributed by atoms with E-state index in [1.807, 2.05) is 51.2 Å². The zero-order valence-corrected chi connectivity index (χ0v) is 18.5. The molecule has 0 bridgehead atoms. The predicted octanol–water partition coefficient (Wildman–Crippen LogP) is 5.05. The normalized spacial score (nSPS) is 14.7. The molecule has 0 saturated heterocycles. The van der Waals surface area contributed by atoms with Gasteiger partial charge in [0.25, 0.3) is 0 Å². The van der Waals surface area contributed by atoms with E-state index in [1.165, 1.54) is 17.3 Å². The molecule has 2 aromatic rings. The molecule has 0 spiro atoms. The number of nitrogens with one attached hydrogen (secondary N) is 2. The molecule has 1 heterocycles.